The van der Waals surface area contributed by atoms with E-state index in [0.717, 1.165) is 25.5 Å². The molecule has 0 aromatic heterocycles. The summed E-state index contributed by atoms with van der Waals surface area (Å²) in [7, 11) is 4.07. The van der Waals surface area contributed by atoms with E-state index in [2.05, 4.69) is 60.8 Å². The van der Waals surface area contributed by atoms with Gasteiger partial charge in [-0.2, -0.15) is 0 Å². The zero-order chi connectivity index (χ0) is 19.1. The van der Waals surface area contributed by atoms with Gasteiger partial charge in [-0.3, -0.25) is 0 Å². The summed E-state index contributed by atoms with van der Waals surface area (Å²) in [6, 6.07) is 19.1. The highest BCUT2D eigenvalue weighted by Crippen LogP contribution is 2.33. The van der Waals surface area contributed by atoms with Gasteiger partial charge in [-0.25, -0.2) is 4.99 Å². The maximum Gasteiger partial charge on any atom is 0.193 e. The molecule has 4 nitrogen and oxygen atoms in total. The van der Waals surface area contributed by atoms with E-state index in [1.54, 1.807) is 0 Å². The van der Waals surface area contributed by atoms with Gasteiger partial charge in [0, 0.05) is 33.2 Å². The third-order valence-electron chi connectivity index (χ3n) is 5.05. The Bertz CT molecular complexity index is 725. The first kappa shape index (κ1) is 19.4. The van der Waals surface area contributed by atoms with Gasteiger partial charge in [-0.05, 0) is 30.9 Å². The lowest BCUT2D eigenvalue weighted by Gasteiger charge is -2.33. The third-order valence-corrected chi connectivity index (χ3v) is 5.05. The minimum Gasteiger partial charge on any atom is -0.373 e. The second kappa shape index (κ2) is 9.56. The van der Waals surface area contributed by atoms with E-state index in [9.17, 15) is 0 Å². The van der Waals surface area contributed by atoms with Crippen molar-refractivity contribution in [1.82, 2.24) is 10.2 Å². The first-order valence-electron chi connectivity index (χ1n) is 9.81. The van der Waals surface area contributed by atoms with Crippen LogP contribution in [0.15, 0.2) is 59.6 Å². The summed E-state index contributed by atoms with van der Waals surface area (Å²) in [5.41, 5.74) is 3.78. The van der Waals surface area contributed by atoms with E-state index >= 15 is 0 Å². The Morgan fingerprint density at radius 2 is 1.85 bits per heavy atom. The largest absolute Gasteiger partial charge is 0.373 e. The SMILES string of the molecule is Cc1ccc(C2OCCCC2CNC(=NCc2ccccc2)N(C)C)cc1. The molecule has 1 fully saturated rings. The topological polar surface area (TPSA) is 36.9 Å². The van der Waals surface area contributed by atoms with Gasteiger partial charge in [0.1, 0.15) is 0 Å². The van der Waals surface area contributed by atoms with Crippen LogP contribution in [0.1, 0.15) is 35.6 Å². The number of nitrogens with one attached hydrogen (secondary N) is 1. The van der Waals surface area contributed by atoms with E-state index in [1.165, 1.54) is 23.1 Å². The van der Waals surface area contributed by atoms with Crippen LogP contribution in [0.4, 0.5) is 0 Å². The van der Waals surface area contributed by atoms with Crippen LogP contribution >= 0.6 is 0 Å². The van der Waals surface area contributed by atoms with Crippen LogP contribution in [-0.4, -0.2) is 38.1 Å². The maximum atomic E-state index is 6.15. The molecule has 1 saturated heterocycles. The summed E-state index contributed by atoms with van der Waals surface area (Å²) in [4.78, 5) is 6.83. The molecule has 0 aliphatic carbocycles. The molecule has 1 aliphatic heterocycles. The molecule has 0 amide bonds. The Kier molecular flexibility index (Phi) is 6.88. The number of hydrogen-bond acceptors (Lipinski definition) is 2. The van der Waals surface area contributed by atoms with Crippen molar-refractivity contribution in [3.05, 3.63) is 71.3 Å². The quantitative estimate of drug-likeness (QED) is 0.638. The van der Waals surface area contributed by atoms with Crippen LogP contribution in [-0.2, 0) is 11.3 Å². The standard InChI is InChI=1S/C23H31N3O/c1-18-11-13-20(14-12-18)22-21(10-7-15-27-22)17-25-23(26(2)3)24-16-19-8-5-4-6-9-19/h4-6,8-9,11-14,21-22H,7,10,15-17H2,1-3H3,(H,24,25). The second-order valence-electron chi connectivity index (χ2n) is 7.51. The molecule has 0 bridgehead atoms. The Morgan fingerprint density at radius 3 is 2.56 bits per heavy atom. The summed E-state index contributed by atoms with van der Waals surface area (Å²) in [6.45, 7) is 4.52. The van der Waals surface area contributed by atoms with Gasteiger partial charge in [0.2, 0.25) is 0 Å². The summed E-state index contributed by atoms with van der Waals surface area (Å²) in [5.74, 6) is 1.37. The van der Waals surface area contributed by atoms with Crippen molar-refractivity contribution < 1.29 is 4.74 Å². The molecular weight excluding hydrogens is 334 g/mol. The second-order valence-corrected chi connectivity index (χ2v) is 7.51. The summed E-state index contributed by atoms with van der Waals surface area (Å²) < 4.78 is 6.15. The van der Waals surface area contributed by atoms with Crippen LogP contribution in [0.2, 0.25) is 0 Å². The van der Waals surface area contributed by atoms with E-state index in [0.29, 0.717) is 12.5 Å². The van der Waals surface area contributed by atoms with Crippen LogP contribution in [0.3, 0.4) is 0 Å². The van der Waals surface area contributed by atoms with Crippen molar-refractivity contribution in [2.24, 2.45) is 10.9 Å². The monoisotopic (exact) mass is 365 g/mol. The Labute approximate surface area is 163 Å². The van der Waals surface area contributed by atoms with E-state index in [-0.39, 0.29) is 6.10 Å². The lowest BCUT2D eigenvalue weighted by atomic mass is 9.89. The molecule has 2 aromatic rings. The number of benzene rings is 2. The van der Waals surface area contributed by atoms with Crippen LogP contribution in [0, 0.1) is 12.8 Å². The number of aliphatic imine (C=N–C) groups is 1. The van der Waals surface area contributed by atoms with Gasteiger partial charge in [-0.1, -0.05) is 60.2 Å². The van der Waals surface area contributed by atoms with Gasteiger partial charge >= 0.3 is 0 Å². The number of guanidine groups is 1. The van der Waals surface area contributed by atoms with Gasteiger partial charge in [0.15, 0.2) is 5.96 Å². The molecule has 27 heavy (non-hydrogen) atoms. The molecule has 0 saturated carbocycles. The molecule has 144 valence electrons. The van der Waals surface area contributed by atoms with Crippen molar-refractivity contribution in [2.75, 3.05) is 27.2 Å². The van der Waals surface area contributed by atoms with Crippen molar-refractivity contribution in [2.45, 2.75) is 32.4 Å². The lowest BCUT2D eigenvalue weighted by Crippen LogP contribution is -2.41. The fourth-order valence-electron chi connectivity index (χ4n) is 3.50. The molecule has 3 rings (SSSR count). The number of hydrogen-bond donors (Lipinski definition) is 1. The number of aryl methyl sites for hydroxylation is 1. The van der Waals surface area contributed by atoms with Gasteiger partial charge in [-0.15, -0.1) is 0 Å². The predicted molar refractivity (Wildman–Crippen MR) is 112 cm³/mol. The van der Waals surface area contributed by atoms with Crippen molar-refractivity contribution in [1.29, 1.82) is 0 Å². The summed E-state index contributed by atoms with van der Waals surface area (Å²) in [6.07, 6.45) is 2.45. The molecule has 2 aromatic carbocycles. The Hall–Kier alpha value is -2.33. The summed E-state index contributed by atoms with van der Waals surface area (Å²) >= 11 is 0. The minimum atomic E-state index is 0.157. The highest BCUT2D eigenvalue weighted by atomic mass is 16.5. The molecule has 2 atom stereocenters. The minimum absolute atomic E-state index is 0.157. The zero-order valence-electron chi connectivity index (χ0n) is 16.7. The molecule has 0 spiro atoms. The fraction of sp³-hybridized carbons (Fsp3) is 0.435. The van der Waals surface area contributed by atoms with Crippen LogP contribution in [0.25, 0.3) is 0 Å². The zero-order valence-corrected chi connectivity index (χ0v) is 16.7. The maximum absolute atomic E-state index is 6.15. The molecule has 1 heterocycles. The smallest absolute Gasteiger partial charge is 0.193 e. The molecular formula is C23H31N3O. The fourth-order valence-corrected chi connectivity index (χ4v) is 3.50. The molecule has 4 heteroatoms. The number of rotatable bonds is 5. The normalized spacial score (nSPS) is 20.3. The molecule has 1 aliphatic rings. The Morgan fingerprint density at radius 1 is 1.11 bits per heavy atom. The van der Waals surface area contributed by atoms with E-state index in [1.807, 2.05) is 25.1 Å². The number of ether oxygens (including phenoxy) is 1. The highest BCUT2D eigenvalue weighted by molar-refractivity contribution is 5.79. The van der Waals surface area contributed by atoms with Crippen LogP contribution < -0.4 is 5.32 Å². The van der Waals surface area contributed by atoms with Gasteiger partial charge < -0.3 is 15.0 Å². The van der Waals surface area contributed by atoms with Crippen LogP contribution in [0.5, 0.6) is 0 Å². The Balaban J connectivity index is 1.64. The highest BCUT2D eigenvalue weighted by Gasteiger charge is 2.27. The average molecular weight is 366 g/mol. The predicted octanol–water partition coefficient (Wildman–Crippen LogP) is 4.17. The van der Waals surface area contributed by atoms with Crippen molar-refractivity contribution in [3.63, 3.8) is 0 Å². The third kappa shape index (κ3) is 5.57. The van der Waals surface area contributed by atoms with Crippen molar-refractivity contribution >= 4 is 5.96 Å². The van der Waals surface area contributed by atoms with Gasteiger partial charge in [0.05, 0.1) is 12.6 Å². The molecule has 0 radical (unpaired) electrons. The van der Waals surface area contributed by atoms with Crippen molar-refractivity contribution in [3.8, 4) is 0 Å². The molecule has 2 unspecified atom stereocenters. The van der Waals surface area contributed by atoms with E-state index in [4.69, 9.17) is 9.73 Å². The first-order valence-corrected chi connectivity index (χ1v) is 9.81. The first-order chi connectivity index (χ1) is 13.1. The van der Waals surface area contributed by atoms with Gasteiger partial charge in [0.25, 0.3) is 0 Å². The molecule has 1 N–H and O–H groups in total. The summed E-state index contributed by atoms with van der Waals surface area (Å²) in [5, 5.41) is 3.57. The number of nitrogens with zero attached hydrogens (tertiary/aromatic N) is 2. The lowest BCUT2D eigenvalue weighted by molar-refractivity contribution is -0.0266. The average Bonchev–Trinajstić information content (AvgIpc) is 2.69. The van der Waals surface area contributed by atoms with E-state index < -0.39 is 0 Å².